The van der Waals surface area contributed by atoms with E-state index in [0.717, 1.165) is 23.9 Å². The zero-order valence-electron chi connectivity index (χ0n) is 12.0. The van der Waals surface area contributed by atoms with Gasteiger partial charge in [-0.25, -0.2) is 20.8 Å². The first-order valence-electron chi connectivity index (χ1n) is 6.52. The highest BCUT2D eigenvalue weighted by Crippen LogP contribution is 2.16. The molecule has 108 valence electrons. The lowest BCUT2D eigenvalue weighted by molar-refractivity contribution is 0.741. The van der Waals surface area contributed by atoms with Gasteiger partial charge in [-0.2, -0.15) is 5.10 Å². The van der Waals surface area contributed by atoms with Crippen molar-refractivity contribution in [2.45, 2.75) is 26.2 Å². The molecule has 0 fully saturated rings. The largest absolute Gasteiger partial charge is 0.369 e. The van der Waals surface area contributed by atoms with Crippen molar-refractivity contribution in [3.05, 3.63) is 24.0 Å². The van der Waals surface area contributed by atoms with Crippen LogP contribution < -0.4 is 16.6 Å². The highest BCUT2D eigenvalue weighted by atomic mass is 15.3. The van der Waals surface area contributed by atoms with Crippen LogP contribution in [0.5, 0.6) is 0 Å². The Morgan fingerprint density at radius 1 is 1.30 bits per heavy atom. The summed E-state index contributed by atoms with van der Waals surface area (Å²) in [4.78, 5) is 12.9. The van der Waals surface area contributed by atoms with Crippen LogP contribution in [0.25, 0.3) is 0 Å². The number of rotatable bonds is 6. The van der Waals surface area contributed by atoms with Gasteiger partial charge in [-0.3, -0.25) is 4.68 Å². The van der Waals surface area contributed by atoms with Crippen molar-refractivity contribution in [3.8, 4) is 0 Å². The average Bonchev–Trinajstić information content (AvgIpc) is 2.84. The Bertz CT molecular complexity index is 562. The maximum atomic E-state index is 5.42. The summed E-state index contributed by atoms with van der Waals surface area (Å²) < 4.78 is 1.69. The zero-order chi connectivity index (χ0) is 14.5. The number of hydrazine groups is 1. The Morgan fingerprint density at radius 3 is 2.65 bits per heavy atom. The highest BCUT2D eigenvalue weighted by Gasteiger charge is 2.07. The molecule has 0 aliphatic carbocycles. The van der Waals surface area contributed by atoms with Gasteiger partial charge in [0.1, 0.15) is 23.8 Å². The first-order chi connectivity index (χ1) is 9.58. The molecule has 2 rings (SSSR count). The molecule has 0 bridgehead atoms. The predicted octanol–water partition coefficient (Wildman–Crippen LogP) is 0.669. The minimum absolute atomic E-state index is 0.237. The number of nitrogen functional groups attached to an aromatic ring is 1. The van der Waals surface area contributed by atoms with E-state index in [9.17, 15) is 0 Å². The predicted molar refractivity (Wildman–Crippen MR) is 77.1 cm³/mol. The van der Waals surface area contributed by atoms with E-state index in [1.807, 2.05) is 20.9 Å². The minimum atomic E-state index is 0.237. The third kappa shape index (κ3) is 3.64. The Labute approximate surface area is 117 Å². The molecule has 0 spiro atoms. The van der Waals surface area contributed by atoms with Crippen LogP contribution in [0.2, 0.25) is 0 Å². The summed E-state index contributed by atoms with van der Waals surface area (Å²) in [6, 6.07) is 1.78. The van der Waals surface area contributed by atoms with E-state index in [4.69, 9.17) is 5.84 Å². The molecule has 0 aliphatic rings. The molecule has 0 radical (unpaired) electrons. The van der Waals surface area contributed by atoms with Crippen LogP contribution in [-0.4, -0.2) is 31.3 Å². The van der Waals surface area contributed by atoms with Gasteiger partial charge in [0.2, 0.25) is 0 Å². The van der Waals surface area contributed by atoms with E-state index in [1.54, 1.807) is 17.1 Å². The van der Waals surface area contributed by atoms with E-state index in [1.165, 1.54) is 0 Å². The lowest BCUT2D eigenvalue weighted by atomic mass is 10.2. The third-order valence-corrected chi connectivity index (χ3v) is 2.71. The summed E-state index contributed by atoms with van der Waals surface area (Å²) in [5.41, 5.74) is 2.55. The number of nitrogens with zero attached hydrogens (tertiary/aromatic N) is 5. The van der Waals surface area contributed by atoms with Crippen molar-refractivity contribution in [1.82, 2.24) is 24.7 Å². The van der Waals surface area contributed by atoms with Crippen molar-refractivity contribution < 1.29 is 0 Å². The molecule has 0 amide bonds. The molecule has 20 heavy (non-hydrogen) atoms. The van der Waals surface area contributed by atoms with Gasteiger partial charge in [0.15, 0.2) is 5.82 Å². The molecule has 2 aromatic rings. The molecule has 8 nitrogen and oxygen atoms in total. The Hall–Kier alpha value is -2.22. The van der Waals surface area contributed by atoms with Crippen LogP contribution in [0.4, 0.5) is 11.6 Å². The van der Waals surface area contributed by atoms with Crippen molar-refractivity contribution >= 4 is 11.6 Å². The molecule has 0 aliphatic heterocycles. The number of aromatic nitrogens is 5. The Kier molecular flexibility index (Phi) is 4.46. The second-order valence-electron chi connectivity index (χ2n) is 4.81. The summed E-state index contributed by atoms with van der Waals surface area (Å²) >= 11 is 0. The Morgan fingerprint density at radius 2 is 2.05 bits per heavy atom. The highest BCUT2D eigenvalue weighted by molar-refractivity contribution is 5.47. The van der Waals surface area contributed by atoms with Gasteiger partial charge >= 0.3 is 0 Å². The Balaban J connectivity index is 1.99. The summed E-state index contributed by atoms with van der Waals surface area (Å²) in [6.45, 7) is 4.77. The van der Waals surface area contributed by atoms with Gasteiger partial charge in [-0.15, -0.1) is 0 Å². The number of hydrogen-bond donors (Lipinski definition) is 3. The van der Waals surface area contributed by atoms with E-state index < -0.39 is 0 Å². The molecule has 0 atom stereocenters. The summed E-state index contributed by atoms with van der Waals surface area (Å²) in [5, 5.41) is 7.46. The lowest BCUT2D eigenvalue weighted by Crippen LogP contribution is -2.14. The van der Waals surface area contributed by atoms with Crippen LogP contribution in [0.15, 0.2) is 12.4 Å². The summed E-state index contributed by atoms with van der Waals surface area (Å²) in [6.07, 6.45) is 2.42. The standard InChI is InChI=1S/C12H20N8/c1-8(2)12-16-10(6-11(17-12)18-13)14-5-4-9-15-7-20(3)19-9/h6-8H,4-5,13H2,1-3H3,(H2,14,16,17,18). The van der Waals surface area contributed by atoms with Gasteiger partial charge in [-0.05, 0) is 0 Å². The van der Waals surface area contributed by atoms with Crippen LogP contribution in [0, 0.1) is 0 Å². The van der Waals surface area contributed by atoms with E-state index in [-0.39, 0.29) is 5.92 Å². The average molecular weight is 276 g/mol. The van der Waals surface area contributed by atoms with Crippen molar-refractivity contribution in [3.63, 3.8) is 0 Å². The van der Waals surface area contributed by atoms with Crippen LogP contribution in [0.3, 0.4) is 0 Å². The molecule has 2 heterocycles. The first kappa shape index (κ1) is 14.2. The third-order valence-electron chi connectivity index (χ3n) is 2.71. The van der Waals surface area contributed by atoms with Crippen molar-refractivity contribution in [2.24, 2.45) is 12.9 Å². The topological polar surface area (TPSA) is 107 Å². The van der Waals surface area contributed by atoms with Gasteiger partial charge in [0, 0.05) is 32.0 Å². The van der Waals surface area contributed by atoms with Crippen LogP contribution >= 0.6 is 0 Å². The monoisotopic (exact) mass is 276 g/mol. The van der Waals surface area contributed by atoms with Gasteiger partial charge in [0.25, 0.3) is 0 Å². The number of anilines is 2. The summed E-state index contributed by atoms with van der Waals surface area (Å²) in [7, 11) is 1.85. The van der Waals surface area contributed by atoms with Gasteiger partial charge in [-0.1, -0.05) is 13.8 Å². The maximum absolute atomic E-state index is 5.42. The maximum Gasteiger partial charge on any atom is 0.152 e. The molecule has 4 N–H and O–H groups in total. The van der Waals surface area contributed by atoms with Gasteiger partial charge < -0.3 is 10.7 Å². The van der Waals surface area contributed by atoms with Crippen LogP contribution in [-0.2, 0) is 13.5 Å². The summed E-state index contributed by atoms with van der Waals surface area (Å²) in [5.74, 6) is 8.55. The number of nitrogens with two attached hydrogens (primary N) is 1. The van der Waals surface area contributed by atoms with E-state index in [2.05, 4.69) is 30.8 Å². The van der Waals surface area contributed by atoms with Crippen molar-refractivity contribution in [1.29, 1.82) is 0 Å². The van der Waals surface area contributed by atoms with Crippen LogP contribution in [0.1, 0.15) is 31.4 Å². The fourth-order valence-electron chi connectivity index (χ4n) is 1.69. The SMILES string of the molecule is CC(C)c1nc(NN)cc(NCCc2ncn(C)n2)n1. The lowest BCUT2D eigenvalue weighted by Gasteiger charge is -2.10. The zero-order valence-corrected chi connectivity index (χ0v) is 12.0. The molecule has 0 aromatic carbocycles. The molecule has 0 unspecified atom stereocenters. The smallest absolute Gasteiger partial charge is 0.152 e. The number of nitrogens with one attached hydrogen (secondary N) is 2. The fourth-order valence-corrected chi connectivity index (χ4v) is 1.69. The number of aryl methyl sites for hydroxylation is 1. The molecule has 2 aromatic heterocycles. The van der Waals surface area contributed by atoms with Gasteiger partial charge in [0.05, 0.1) is 0 Å². The molecule has 0 saturated carbocycles. The van der Waals surface area contributed by atoms with E-state index in [0.29, 0.717) is 12.4 Å². The molecule has 8 heteroatoms. The molecule has 0 saturated heterocycles. The second-order valence-corrected chi connectivity index (χ2v) is 4.81. The van der Waals surface area contributed by atoms with E-state index >= 15 is 0 Å². The second kappa shape index (κ2) is 6.29. The first-order valence-corrected chi connectivity index (χ1v) is 6.52. The fraction of sp³-hybridized carbons (Fsp3) is 0.500. The van der Waals surface area contributed by atoms with Crippen molar-refractivity contribution in [2.75, 3.05) is 17.3 Å². The molecular formula is C12H20N8. The number of hydrogen-bond acceptors (Lipinski definition) is 7. The quantitative estimate of drug-likeness (QED) is 0.526. The minimum Gasteiger partial charge on any atom is -0.369 e. The normalized spacial score (nSPS) is 10.8. The molecular weight excluding hydrogens is 256 g/mol.